The van der Waals surface area contributed by atoms with Crippen molar-refractivity contribution in [1.82, 2.24) is 4.57 Å². The van der Waals surface area contributed by atoms with Gasteiger partial charge in [0.25, 0.3) is 0 Å². The van der Waals surface area contributed by atoms with Crippen LogP contribution in [0.4, 0.5) is 0 Å². The third-order valence-corrected chi connectivity index (χ3v) is 2.01. The highest BCUT2D eigenvalue weighted by atomic mass is 15.0. The summed E-state index contributed by atoms with van der Waals surface area (Å²) >= 11 is 0. The number of aromatic nitrogens is 1. The minimum absolute atomic E-state index is 0.796. The minimum Gasteiger partial charge on any atom is -0.348 e. The first-order valence-electron chi connectivity index (χ1n) is 3.77. The van der Waals surface area contributed by atoms with Crippen LogP contribution in [0.5, 0.6) is 0 Å². The number of nitriles is 1. The highest BCUT2D eigenvalue weighted by Gasteiger charge is 2.05. The van der Waals surface area contributed by atoms with E-state index in [1.165, 1.54) is 5.69 Å². The summed E-state index contributed by atoms with van der Waals surface area (Å²) < 4.78 is 2.14. The molecule has 0 bridgehead atoms. The van der Waals surface area contributed by atoms with Gasteiger partial charge in [-0.2, -0.15) is 5.26 Å². The maximum Gasteiger partial charge on any atom is 0.101 e. The van der Waals surface area contributed by atoms with E-state index < -0.39 is 0 Å². The molecule has 0 N–H and O–H groups in total. The Balaban J connectivity index is 3.28. The van der Waals surface area contributed by atoms with Crippen molar-refractivity contribution < 1.29 is 0 Å². The third kappa shape index (κ3) is 1.14. The summed E-state index contributed by atoms with van der Waals surface area (Å²) in [6.45, 7) is 7.03. The van der Waals surface area contributed by atoms with Crippen molar-refractivity contribution in [2.75, 3.05) is 0 Å². The Labute approximate surface area is 67.1 Å². The van der Waals surface area contributed by atoms with Crippen LogP contribution in [0.3, 0.4) is 0 Å². The van der Waals surface area contributed by atoms with Gasteiger partial charge in [0.05, 0.1) is 5.56 Å². The van der Waals surface area contributed by atoms with Crippen LogP contribution in [0, 0.1) is 25.2 Å². The van der Waals surface area contributed by atoms with Gasteiger partial charge in [-0.1, -0.05) is 0 Å². The zero-order chi connectivity index (χ0) is 8.43. The van der Waals surface area contributed by atoms with Gasteiger partial charge in [0.15, 0.2) is 0 Å². The van der Waals surface area contributed by atoms with Crippen molar-refractivity contribution >= 4 is 0 Å². The van der Waals surface area contributed by atoms with E-state index in [2.05, 4.69) is 17.6 Å². The topological polar surface area (TPSA) is 28.7 Å². The summed E-state index contributed by atoms with van der Waals surface area (Å²) in [5.74, 6) is 0. The fourth-order valence-electron chi connectivity index (χ4n) is 1.40. The van der Waals surface area contributed by atoms with Crippen molar-refractivity contribution in [3.63, 3.8) is 0 Å². The molecule has 2 heteroatoms. The van der Waals surface area contributed by atoms with Gasteiger partial charge in [0, 0.05) is 17.9 Å². The Bertz CT molecular complexity index is 302. The summed E-state index contributed by atoms with van der Waals surface area (Å²) in [6.07, 6.45) is 0. The summed E-state index contributed by atoms with van der Waals surface area (Å²) in [5.41, 5.74) is 3.04. The largest absolute Gasteiger partial charge is 0.348 e. The van der Waals surface area contributed by atoms with Gasteiger partial charge >= 0.3 is 0 Å². The first-order chi connectivity index (χ1) is 5.20. The molecule has 2 nitrogen and oxygen atoms in total. The van der Waals surface area contributed by atoms with Crippen LogP contribution in [0.25, 0.3) is 0 Å². The molecule has 0 amide bonds. The molecule has 0 spiro atoms. The Morgan fingerprint density at radius 2 is 2.18 bits per heavy atom. The van der Waals surface area contributed by atoms with E-state index in [0.717, 1.165) is 17.8 Å². The summed E-state index contributed by atoms with van der Waals surface area (Å²) in [5, 5.41) is 8.69. The zero-order valence-corrected chi connectivity index (χ0v) is 7.18. The molecule has 11 heavy (non-hydrogen) atoms. The molecule has 0 aliphatic carbocycles. The summed E-state index contributed by atoms with van der Waals surface area (Å²) in [6, 6.07) is 4.10. The van der Waals surface area contributed by atoms with Crippen molar-refractivity contribution in [3.05, 3.63) is 23.0 Å². The molecular formula is C9H12N2. The lowest BCUT2D eigenvalue weighted by atomic mass is 10.3. The van der Waals surface area contributed by atoms with Gasteiger partial charge in [-0.25, -0.2) is 0 Å². The molecule has 0 aliphatic heterocycles. The lowest BCUT2D eigenvalue weighted by molar-refractivity contribution is 0.718. The normalized spacial score (nSPS) is 9.64. The standard InChI is InChI=1S/C9H12N2/c1-4-11-7(2)5-9(6-10)8(11)3/h5H,4H2,1-3H3. The van der Waals surface area contributed by atoms with Crippen molar-refractivity contribution in [2.24, 2.45) is 0 Å². The number of rotatable bonds is 1. The van der Waals surface area contributed by atoms with Gasteiger partial charge in [-0.15, -0.1) is 0 Å². The minimum atomic E-state index is 0.796. The van der Waals surface area contributed by atoms with Gasteiger partial charge in [0.2, 0.25) is 0 Å². The first-order valence-corrected chi connectivity index (χ1v) is 3.77. The molecule has 0 fully saturated rings. The molecule has 0 aromatic carbocycles. The first kappa shape index (κ1) is 7.87. The van der Waals surface area contributed by atoms with Gasteiger partial charge in [-0.3, -0.25) is 0 Å². The van der Waals surface area contributed by atoms with Gasteiger partial charge in [0.1, 0.15) is 6.07 Å². The molecular weight excluding hydrogens is 136 g/mol. The molecule has 0 radical (unpaired) electrons. The number of hydrogen-bond donors (Lipinski definition) is 0. The van der Waals surface area contributed by atoms with E-state index in [4.69, 9.17) is 5.26 Å². The van der Waals surface area contributed by atoms with E-state index in [9.17, 15) is 0 Å². The Kier molecular flexibility index (Phi) is 2.00. The molecule has 58 valence electrons. The third-order valence-electron chi connectivity index (χ3n) is 2.01. The van der Waals surface area contributed by atoms with Gasteiger partial charge < -0.3 is 4.57 Å². The second kappa shape index (κ2) is 2.79. The van der Waals surface area contributed by atoms with Crippen LogP contribution in [0.1, 0.15) is 23.9 Å². The maximum atomic E-state index is 8.69. The van der Waals surface area contributed by atoms with E-state index in [0.29, 0.717) is 0 Å². The predicted molar refractivity (Wildman–Crippen MR) is 44.3 cm³/mol. The van der Waals surface area contributed by atoms with Crippen molar-refractivity contribution in [2.45, 2.75) is 27.3 Å². The van der Waals surface area contributed by atoms with E-state index >= 15 is 0 Å². The highest BCUT2D eigenvalue weighted by Crippen LogP contribution is 2.12. The monoisotopic (exact) mass is 148 g/mol. The molecule has 1 heterocycles. The maximum absolute atomic E-state index is 8.69. The molecule has 1 aromatic rings. The quantitative estimate of drug-likeness (QED) is 0.598. The Morgan fingerprint density at radius 1 is 1.55 bits per heavy atom. The van der Waals surface area contributed by atoms with E-state index in [1.807, 2.05) is 19.9 Å². The Hall–Kier alpha value is -1.23. The van der Waals surface area contributed by atoms with Crippen LogP contribution in [0.15, 0.2) is 6.07 Å². The van der Waals surface area contributed by atoms with Crippen LogP contribution in [-0.4, -0.2) is 4.57 Å². The van der Waals surface area contributed by atoms with Crippen LogP contribution < -0.4 is 0 Å². The zero-order valence-electron chi connectivity index (χ0n) is 7.18. The fourth-order valence-corrected chi connectivity index (χ4v) is 1.40. The lowest BCUT2D eigenvalue weighted by Gasteiger charge is -2.03. The molecule has 0 unspecified atom stereocenters. The number of hydrogen-bond acceptors (Lipinski definition) is 1. The SMILES string of the molecule is CCn1c(C)cc(C#N)c1C. The van der Waals surface area contributed by atoms with Gasteiger partial charge in [-0.05, 0) is 26.8 Å². The van der Waals surface area contributed by atoms with Crippen molar-refractivity contribution in [3.8, 4) is 6.07 Å². The summed E-state index contributed by atoms with van der Waals surface area (Å²) in [7, 11) is 0. The lowest BCUT2D eigenvalue weighted by Crippen LogP contribution is -1.98. The molecule has 0 saturated carbocycles. The van der Waals surface area contributed by atoms with Crippen molar-refractivity contribution in [1.29, 1.82) is 5.26 Å². The number of nitrogens with zero attached hydrogens (tertiary/aromatic N) is 2. The average molecular weight is 148 g/mol. The predicted octanol–water partition coefficient (Wildman–Crippen LogP) is 2.00. The smallest absolute Gasteiger partial charge is 0.101 e. The van der Waals surface area contributed by atoms with E-state index in [-0.39, 0.29) is 0 Å². The molecule has 0 atom stereocenters. The summed E-state index contributed by atoms with van der Waals surface area (Å²) in [4.78, 5) is 0. The molecule has 1 rings (SSSR count). The molecule has 0 saturated heterocycles. The average Bonchev–Trinajstić information content (AvgIpc) is 2.26. The highest BCUT2D eigenvalue weighted by molar-refractivity contribution is 5.36. The molecule has 0 aliphatic rings. The Morgan fingerprint density at radius 3 is 2.45 bits per heavy atom. The van der Waals surface area contributed by atoms with Crippen LogP contribution in [-0.2, 0) is 6.54 Å². The molecule has 1 aromatic heterocycles. The van der Waals surface area contributed by atoms with Crippen LogP contribution >= 0.6 is 0 Å². The van der Waals surface area contributed by atoms with E-state index in [1.54, 1.807) is 0 Å². The fraction of sp³-hybridized carbons (Fsp3) is 0.444. The second-order valence-corrected chi connectivity index (χ2v) is 2.64. The number of aryl methyl sites for hydroxylation is 1. The van der Waals surface area contributed by atoms with Crippen LogP contribution in [0.2, 0.25) is 0 Å². The second-order valence-electron chi connectivity index (χ2n) is 2.64.